The number of carboxylic acid groups (broad SMARTS) is 1. The number of halogens is 1. The predicted molar refractivity (Wildman–Crippen MR) is 82.4 cm³/mol. The number of aryl methyl sites for hydroxylation is 1. The molecule has 0 spiro atoms. The minimum Gasteiger partial charge on any atom is -0.479 e. The van der Waals surface area contributed by atoms with Gasteiger partial charge in [0.25, 0.3) is 5.91 Å². The summed E-state index contributed by atoms with van der Waals surface area (Å²) < 4.78 is 20.8. The van der Waals surface area contributed by atoms with Crippen LogP contribution in [-0.4, -0.2) is 39.0 Å². The number of aromatic nitrogens is 2. The topological polar surface area (TPSA) is 93.5 Å². The van der Waals surface area contributed by atoms with Crippen LogP contribution >= 0.6 is 0 Å². The van der Waals surface area contributed by atoms with Crippen molar-refractivity contribution in [2.45, 2.75) is 32.0 Å². The van der Waals surface area contributed by atoms with Crippen LogP contribution in [0, 0.1) is 12.7 Å². The van der Waals surface area contributed by atoms with E-state index in [9.17, 15) is 14.0 Å². The third kappa shape index (κ3) is 3.28. The maximum atomic E-state index is 14.2. The number of amides is 1. The zero-order valence-corrected chi connectivity index (χ0v) is 12.9. The van der Waals surface area contributed by atoms with Crippen molar-refractivity contribution in [3.8, 4) is 5.69 Å². The van der Waals surface area contributed by atoms with E-state index >= 15 is 0 Å². The highest BCUT2D eigenvalue weighted by Gasteiger charge is 2.34. The summed E-state index contributed by atoms with van der Waals surface area (Å²) in [5.41, 5.74) is 1.44. The Morgan fingerprint density at radius 2 is 2.12 bits per heavy atom. The molecule has 1 aromatic heterocycles. The molecule has 0 bridgehead atoms. The highest BCUT2D eigenvalue weighted by atomic mass is 19.1. The lowest BCUT2D eigenvalue weighted by atomic mass is 10.2. The van der Waals surface area contributed by atoms with Crippen LogP contribution in [-0.2, 0) is 14.3 Å². The third-order valence-corrected chi connectivity index (χ3v) is 3.76. The normalized spacial score (nSPS) is 20.1. The maximum absolute atomic E-state index is 14.2. The van der Waals surface area contributed by atoms with Gasteiger partial charge in [0.1, 0.15) is 11.8 Å². The Kier molecular flexibility index (Phi) is 4.30. The number of benzene rings is 1. The van der Waals surface area contributed by atoms with Crippen LogP contribution in [0.4, 0.5) is 10.1 Å². The number of aliphatic carboxylic acids is 1. The van der Waals surface area contributed by atoms with Gasteiger partial charge in [0.05, 0.1) is 6.20 Å². The Morgan fingerprint density at radius 3 is 2.71 bits per heavy atom. The molecule has 1 aromatic carbocycles. The van der Waals surface area contributed by atoms with E-state index < -0.39 is 29.9 Å². The molecule has 1 aliphatic rings. The number of ether oxygens (including phenoxy) is 1. The van der Waals surface area contributed by atoms with Gasteiger partial charge in [0.2, 0.25) is 0 Å². The number of carboxylic acids is 1. The molecule has 0 unspecified atom stereocenters. The molecule has 0 saturated carbocycles. The first-order chi connectivity index (χ1) is 11.4. The van der Waals surface area contributed by atoms with Crippen LogP contribution in [0.5, 0.6) is 0 Å². The Hall–Kier alpha value is -2.74. The van der Waals surface area contributed by atoms with Gasteiger partial charge < -0.3 is 15.2 Å². The predicted octanol–water partition coefficient (Wildman–Crippen LogP) is 1.89. The molecule has 3 rings (SSSR count). The molecule has 24 heavy (non-hydrogen) atoms. The van der Waals surface area contributed by atoms with Crippen molar-refractivity contribution in [3.63, 3.8) is 0 Å². The van der Waals surface area contributed by atoms with Crippen LogP contribution in [0.25, 0.3) is 5.69 Å². The standard InChI is InChI=1S/C16H16FN3O4/c1-9-7-18-20(8-9)12-3-2-10(6-11(12)17)19-15(21)13-4-5-14(24-13)16(22)23/h2-3,6-8,13-14H,4-5H2,1H3,(H,19,21)(H,22,23)/t13-,14+/m0/s1. The van der Waals surface area contributed by atoms with E-state index in [-0.39, 0.29) is 17.8 Å². The lowest BCUT2D eigenvalue weighted by molar-refractivity contribution is -0.150. The number of hydrogen-bond acceptors (Lipinski definition) is 4. The van der Waals surface area contributed by atoms with Crippen LogP contribution < -0.4 is 5.32 Å². The van der Waals surface area contributed by atoms with Crippen molar-refractivity contribution in [1.29, 1.82) is 0 Å². The highest BCUT2D eigenvalue weighted by Crippen LogP contribution is 2.23. The van der Waals surface area contributed by atoms with Crippen molar-refractivity contribution in [3.05, 3.63) is 42.0 Å². The summed E-state index contributed by atoms with van der Waals surface area (Å²) in [6.07, 6.45) is 2.08. The molecule has 8 heteroatoms. The molecule has 0 radical (unpaired) electrons. The van der Waals surface area contributed by atoms with Crippen molar-refractivity contribution < 1.29 is 23.8 Å². The molecule has 126 valence electrons. The van der Waals surface area contributed by atoms with Crippen molar-refractivity contribution >= 4 is 17.6 Å². The molecule has 1 aliphatic heterocycles. The number of anilines is 1. The molecule has 1 fully saturated rings. The number of nitrogens with one attached hydrogen (secondary N) is 1. The Morgan fingerprint density at radius 1 is 1.38 bits per heavy atom. The van der Waals surface area contributed by atoms with Gasteiger partial charge >= 0.3 is 5.97 Å². The fourth-order valence-electron chi connectivity index (χ4n) is 2.55. The van der Waals surface area contributed by atoms with E-state index in [0.29, 0.717) is 6.42 Å². The van der Waals surface area contributed by atoms with Crippen molar-refractivity contribution in [2.24, 2.45) is 0 Å². The lowest BCUT2D eigenvalue weighted by Gasteiger charge is -2.12. The number of carbonyl (C=O) groups excluding carboxylic acids is 1. The molecule has 2 aromatic rings. The second kappa shape index (κ2) is 6.40. The average molecular weight is 333 g/mol. The maximum Gasteiger partial charge on any atom is 0.332 e. The smallest absolute Gasteiger partial charge is 0.332 e. The zero-order chi connectivity index (χ0) is 17.3. The Balaban J connectivity index is 1.69. The summed E-state index contributed by atoms with van der Waals surface area (Å²) in [4.78, 5) is 22.9. The van der Waals surface area contributed by atoms with Gasteiger partial charge in [0, 0.05) is 11.9 Å². The number of hydrogen-bond donors (Lipinski definition) is 2. The molecule has 1 saturated heterocycles. The molecular formula is C16H16FN3O4. The van der Waals surface area contributed by atoms with Gasteiger partial charge in [-0.25, -0.2) is 13.9 Å². The summed E-state index contributed by atoms with van der Waals surface area (Å²) in [7, 11) is 0. The third-order valence-electron chi connectivity index (χ3n) is 3.76. The summed E-state index contributed by atoms with van der Waals surface area (Å²) in [6.45, 7) is 1.85. The van der Waals surface area contributed by atoms with E-state index in [4.69, 9.17) is 9.84 Å². The average Bonchev–Trinajstić information content (AvgIpc) is 3.16. The molecule has 2 N–H and O–H groups in total. The van der Waals surface area contributed by atoms with Crippen LogP contribution in [0.15, 0.2) is 30.6 Å². The first kappa shape index (κ1) is 16.1. The zero-order valence-electron chi connectivity index (χ0n) is 12.9. The Bertz CT molecular complexity index is 789. The van der Waals surface area contributed by atoms with Crippen molar-refractivity contribution in [2.75, 3.05) is 5.32 Å². The summed E-state index contributed by atoms with van der Waals surface area (Å²) in [5, 5.41) is 15.4. The monoisotopic (exact) mass is 333 g/mol. The minimum absolute atomic E-state index is 0.268. The fourth-order valence-corrected chi connectivity index (χ4v) is 2.55. The first-order valence-corrected chi connectivity index (χ1v) is 7.44. The van der Waals surface area contributed by atoms with Crippen LogP contribution in [0.2, 0.25) is 0 Å². The quantitative estimate of drug-likeness (QED) is 0.891. The fraction of sp³-hybridized carbons (Fsp3) is 0.312. The molecule has 2 heterocycles. The van der Waals surface area contributed by atoms with Gasteiger partial charge in [-0.3, -0.25) is 4.79 Å². The van der Waals surface area contributed by atoms with E-state index in [0.717, 1.165) is 5.56 Å². The summed E-state index contributed by atoms with van der Waals surface area (Å²) in [5.74, 6) is -2.11. The molecule has 0 aliphatic carbocycles. The molecule has 2 atom stereocenters. The minimum atomic E-state index is -1.09. The van der Waals surface area contributed by atoms with Gasteiger partial charge in [0.15, 0.2) is 11.9 Å². The van der Waals surface area contributed by atoms with Gasteiger partial charge in [-0.2, -0.15) is 5.10 Å². The molecular weight excluding hydrogens is 317 g/mol. The van der Waals surface area contributed by atoms with Crippen LogP contribution in [0.1, 0.15) is 18.4 Å². The van der Waals surface area contributed by atoms with E-state index in [1.807, 2.05) is 6.92 Å². The highest BCUT2D eigenvalue weighted by molar-refractivity contribution is 5.94. The van der Waals surface area contributed by atoms with Gasteiger partial charge in [-0.15, -0.1) is 0 Å². The summed E-state index contributed by atoms with van der Waals surface area (Å²) in [6, 6.07) is 4.25. The second-order valence-corrected chi connectivity index (χ2v) is 5.65. The largest absolute Gasteiger partial charge is 0.479 e. The molecule has 1 amide bonds. The lowest BCUT2D eigenvalue weighted by Crippen LogP contribution is -2.30. The second-order valence-electron chi connectivity index (χ2n) is 5.65. The summed E-state index contributed by atoms with van der Waals surface area (Å²) >= 11 is 0. The number of nitrogens with zero attached hydrogens (tertiary/aromatic N) is 2. The van der Waals surface area contributed by atoms with Gasteiger partial charge in [-0.1, -0.05) is 0 Å². The first-order valence-electron chi connectivity index (χ1n) is 7.44. The van der Waals surface area contributed by atoms with E-state index in [2.05, 4.69) is 10.4 Å². The van der Waals surface area contributed by atoms with Crippen LogP contribution in [0.3, 0.4) is 0 Å². The van der Waals surface area contributed by atoms with Crippen molar-refractivity contribution in [1.82, 2.24) is 9.78 Å². The van der Waals surface area contributed by atoms with E-state index in [1.54, 1.807) is 18.5 Å². The Labute approximate surface area is 137 Å². The van der Waals surface area contributed by atoms with E-state index in [1.165, 1.54) is 16.8 Å². The SMILES string of the molecule is Cc1cnn(-c2ccc(NC(=O)[C@@H]3CC[C@H](C(=O)O)O3)cc2F)c1. The van der Waals surface area contributed by atoms with Gasteiger partial charge in [-0.05, 0) is 43.5 Å². The molecule has 7 nitrogen and oxygen atoms in total. The number of rotatable bonds is 4. The number of carbonyl (C=O) groups is 2.